The Labute approximate surface area is 97.6 Å². The molecule has 0 spiro atoms. The first-order valence-corrected chi connectivity index (χ1v) is 6.78. The number of carbonyl (C=O) groups excluding carboxylic acids is 1. The van der Waals surface area contributed by atoms with Crippen molar-refractivity contribution in [2.75, 3.05) is 11.5 Å². The molecule has 0 aromatic heterocycles. The molecule has 4 heteroatoms. The normalized spacial score (nSPS) is 16.9. The molecular weight excluding hydrogens is 208 g/mol. The maximum Gasteiger partial charge on any atom is 0.224 e. The first-order valence-electron chi connectivity index (χ1n) is 5.62. The SMILES string of the molecule is CCSCCC(C)NC(=O)C(C)C(C)N. The van der Waals surface area contributed by atoms with Gasteiger partial charge in [-0.3, -0.25) is 4.79 Å². The predicted molar refractivity (Wildman–Crippen MR) is 68.0 cm³/mol. The third kappa shape index (κ3) is 6.79. The van der Waals surface area contributed by atoms with Gasteiger partial charge in [0.15, 0.2) is 0 Å². The highest BCUT2D eigenvalue weighted by atomic mass is 32.2. The molecule has 0 bridgehead atoms. The fourth-order valence-corrected chi connectivity index (χ4v) is 1.90. The van der Waals surface area contributed by atoms with Crippen LogP contribution in [0.3, 0.4) is 0 Å². The Morgan fingerprint density at radius 2 is 2.00 bits per heavy atom. The van der Waals surface area contributed by atoms with E-state index in [-0.39, 0.29) is 23.9 Å². The number of rotatable bonds is 7. The quantitative estimate of drug-likeness (QED) is 0.656. The minimum atomic E-state index is -0.105. The molecule has 0 aromatic rings. The Morgan fingerprint density at radius 1 is 1.40 bits per heavy atom. The van der Waals surface area contributed by atoms with E-state index >= 15 is 0 Å². The molecule has 3 nitrogen and oxygen atoms in total. The van der Waals surface area contributed by atoms with E-state index < -0.39 is 0 Å². The molecule has 0 aliphatic carbocycles. The number of hydrogen-bond donors (Lipinski definition) is 2. The van der Waals surface area contributed by atoms with E-state index in [0.717, 1.165) is 17.9 Å². The lowest BCUT2D eigenvalue weighted by Gasteiger charge is -2.19. The van der Waals surface area contributed by atoms with Crippen molar-refractivity contribution in [3.63, 3.8) is 0 Å². The third-order valence-electron chi connectivity index (χ3n) is 2.49. The van der Waals surface area contributed by atoms with Gasteiger partial charge >= 0.3 is 0 Å². The molecule has 0 aliphatic heterocycles. The van der Waals surface area contributed by atoms with E-state index in [1.807, 2.05) is 32.5 Å². The maximum absolute atomic E-state index is 11.6. The second-order valence-electron chi connectivity index (χ2n) is 4.04. The van der Waals surface area contributed by atoms with Crippen molar-refractivity contribution >= 4 is 17.7 Å². The van der Waals surface area contributed by atoms with Crippen LogP contribution in [0.4, 0.5) is 0 Å². The van der Waals surface area contributed by atoms with Gasteiger partial charge in [-0.1, -0.05) is 13.8 Å². The number of nitrogens with two attached hydrogens (primary N) is 1. The molecule has 0 saturated carbocycles. The van der Waals surface area contributed by atoms with Crippen LogP contribution in [0.5, 0.6) is 0 Å². The second kappa shape index (κ2) is 7.99. The Kier molecular flexibility index (Phi) is 7.88. The Bertz CT molecular complexity index is 185. The van der Waals surface area contributed by atoms with Crippen LogP contribution in [0.2, 0.25) is 0 Å². The van der Waals surface area contributed by atoms with E-state index in [0.29, 0.717) is 0 Å². The molecule has 1 amide bonds. The highest BCUT2D eigenvalue weighted by Gasteiger charge is 2.18. The summed E-state index contributed by atoms with van der Waals surface area (Å²) in [4.78, 5) is 11.6. The van der Waals surface area contributed by atoms with Crippen LogP contribution in [0.1, 0.15) is 34.1 Å². The zero-order valence-electron chi connectivity index (χ0n) is 10.2. The first-order chi connectivity index (χ1) is 6.99. The first kappa shape index (κ1) is 14.8. The number of carbonyl (C=O) groups is 1. The van der Waals surface area contributed by atoms with Crippen molar-refractivity contribution in [1.82, 2.24) is 5.32 Å². The van der Waals surface area contributed by atoms with Crippen LogP contribution in [0, 0.1) is 5.92 Å². The molecule has 15 heavy (non-hydrogen) atoms. The Balaban J connectivity index is 3.75. The molecule has 0 saturated heterocycles. The molecule has 3 unspecified atom stereocenters. The van der Waals surface area contributed by atoms with Crippen molar-refractivity contribution in [3.8, 4) is 0 Å². The topological polar surface area (TPSA) is 55.1 Å². The molecule has 3 N–H and O–H groups in total. The highest BCUT2D eigenvalue weighted by molar-refractivity contribution is 7.99. The standard InChI is InChI=1S/C11H24N2OS/c1-5-15-7-6-8(2)13-11(14)9(3)10(4)12/h8-10H,5-7,12H2,1-4H3,(H,13,14). The zero-order valence-corrected chi connectivity index (χ0v) is 11.1. The molecule has 0 aliphatic rings. The summed E-state index contributed by atoms with van der Waals surface area (Å²) in [5.74, 6) is 2.20. The van der Waals surface area contributed by atoms with Gasteiger partial charge < -0.3 is 11.1 Å². The van der Waals surface area contributed by atoms with E-state index in [2.05, 4.69) is 12.2 Å². The fourth-order valence-electron chi connectivity index (χ4n) is 1.09. The van der Waals surface area contributed by atoms with Gasteiger partial charge in [0.25, 0.3) is 0 Å². The van der Waals surface area contributed by atoms with Crippen LogP contribution in [0.25, 0.3) is 0 Å². The van der Waals surface area contributed by atoms with Crippen LogP contribution in [-0.4, -0.2) is 29.5 Å². The van der Waals surface area contributed by atoms with Gasteiger partial charge in [0.1, 0.15) is 0 Å². The third-order valence-corrected chi connectivity index (χ3v) is 3.42. The van der Waals surface area contributed by atoms with Crippen LogP contribution in [0.15, 0.2) is 0 Å². The molecule has 0 rings (SSSR count). The van der Waals surface area contributed by atoms with Gasteiger partial charge in [-0.2, -0.15) is 11.8 Å². The van der Waals surface area contributed by atoms with Gasteiger partial charge in [-0.25, -0.2) is 0 Å². The minimum absolute atomic E-state index is 0.0685. The van der Waals surface area contributed by atoms with Crippen molar-refractivity contribution in [3.05, 3.63) is 0 Å². The lowest BCUT2D eigenvalue weighted by atomic mass is 10.0. The maximum atomic E-state index is 11.6. The monoisotopic (exact) mass is 232 g/mol. The van der Waals surface area contributed by atoms with Gasteiger partial charge in [0, 0.05) is 18.0 Å². The molecule has 0 heterocycles. The average molecular weight is 232 g/mol. The van der Waals surface area contributed by atoms with Crippen molar-refractivity contribution < 1.29 is 4.79 Å². The average Bonchev–Trinajstić information content (AvgIpc) is 2.16. The van der Waals surface area contributed by atoms with Crippen molar-refractivity contribution in [2.24, 2.45) is 11.7 Å². The summed E-state index contributed by atoms with van der Waals surface area (Å²) < 4.78 is 0. The van der Waals surface area contributed by atoms with Crippen molar-refractivity contribution in [2.45, 2.75) is 46.2 Å². The lowest BCUT2D eigenvalue weighted by molar-refractivity contribution is -0.125. The molecule has 3 atom stereocenters. The highest BCUT2D eigenvalue weighted by Crippen LogP contribution is 2.05. The summed E-state index contributed by atoms with van der Waals surface area (Å²) in [6.07, 6.45) is 1.02. The summed E-state index contributed by atoms with van der Waals surface area (Å²) in [7, 11) is 0. The number of amides is 1. The molecule has 0 fully saturated rings. The summed E-state index contributed by atoms with van der Waals surface area (Å²) >= 11 is 1.90. The minimum Gasteiger partial charge on any atom is -0.353 e. The second-order valence-corrected chi connectivity index (χ2v) is 5.44. The van der Waals surface area contributed by atoms with Crippen molar-refractivity contribution in [1.29, 1.82) is 0 Å². The van der Waals surface area contributed by atoms with Gasteiger partial charge in [0.05, 0.1) is 0 Å². The van der Waals surface area contributed by atoms with E-state index in [9.17, 15) is 4.79 Å². The Morgan fingerprint density at radius 3 is 2.47 bits per heavy atom. The predicted octanol–water partition coefficient (Wildman–Crippen LogP) is 1.62. The van der Waals surface area contributed by atoms with Gasteiger partial charge in [-0.15, -0.1) is 0 Å². The summed E-state index contributed by atoms with van der Waals surface area (Å²) in [5.41, 5.74) is 5.67. The van der Waals surface area contributed by atoms with Crippen LogP contribution in [-0.2, 0) is 4.79 Å². The Hall–Kier alpha value is -0.220. The van der Waals surface area contributed by atoms with Gasteiger partial charge in [0.2, 0.25) is 5.91 Å². The molecule has 0 radical (unpaired) electrons. The zero-order chi connectivity index (χ0) is 11.8. The molecule has 90 valence electrons. The number of hydrogen-bond acceptors (Lipinski definition) is 3. The fraction of sp³-hybridized carbons (Fsp3) is 0.909. The summed E-state index contributed by atoms with van der Waals surface area (Å²) in [5, 5.41) is 2.99. The lowest BCUT2D eigenvalue weighted by Crippen LogP contribution is -2.42. The number of thioether (sulfide) groups is 1. The number of nitrogens with one attached hydrogen (secondary N) is 1. The van der Waals surface area contributed by atoms with Crippen LogP contribution < -0.4 is 11.1 Å². The molecular formula is C11H24N2OS. The molecule has 0 aromatic carbocycles. The van der Waals surface area contributed by atoms with E-state index in [1.54, 1.807) is 0 Å². The summed E-state index contributed by atoms with van der Waals surface area (Å²) in [6.45, 7) is 7.92. The smallest absolute Gasteiger partial charge is 0.224 e. The van der Waals surface area contributed by atoms with E-state index in [4.69, 9.17) is 5.73 Å². The van der Waals surface area contributed by atoms with E-state index in [1.165, 1.54) is 0 Å². The summed E-state index contributed by atoms with van der Waals surface area (Å²) in [6, 6.07) is 0.167. The van der Waals surface area contributed by atoms with Crippen LogP contribution >= 0.6 is 11.8 Å². The largest absolute Gasteiger partial charge is 0.353 e. The van der Waals surface area contributed by atoms with Gasteiger partial charge in [-0.05, 0) is 31.8 Å².